The van der Waals surface area contributed by atoms with Crippen molar-refractivity contribution in [2.45, 2.75) is 39.2 Å². The smallest absolute Gasteiger partial charge is 0.0468 e. The molecule has 0 spiro atoms. The van der Waals surface area contributed by atoms with Crippen LogP contribution in [0.2, 0.25) is 0 Å². The van der Waals surface area contributed by atoms with Crippen molar-refractivity contribution in [3.63, 3.8) is 0 Å². The van der Waals surface area contributed by atoms with Gasteiger partial charge in [-0.15, -0.1) is 0 Å². The molecule has 2 heterocycles. The second kappa shape index (κ2) is 6.86. The third-order valence-corrected chi connectivity index (χ3v) is 3.80. The number of ether oxygens (including phenoxy) is 1. The standard InChI is InChI=1S/C15H24N2O/c1-3-17-15(10-13-5-8-18-9-6-13)14-4-7-16-11-12(14)2/h4,7,11,13,15,17H,3,5-6,8-10H2,1-2H3. The van der Waals surface area contributed by atoms with Gasteiger partial charge in [0.2, 0.25) is 0 Å². The summed E-state index contributed by atoms with van der Waals surface area (Å²) >= 11 is 0. The highest BCUT2D eigenvalue weighted by Crippen LogP contribution is 2.28. The Kier molecular flexibility index (Phi) is 5.14. The van der Waals surface area contributed by atoms with E-state index in [0.29, 0.717) is 6.04 Å². The normalized spacial score (nSPS) is 18.8. The summed E-state index contributed by atoms with van der Waals surface area (Å²) in [7, 11) is 0. The number of aromatic nitrogens is 1. The zero-order valence-electron chi connectivity index (χ0n) is 11.5. The van der Waals surface area contributed by atoms with Crippen LogP contribution >= 0.6 is 0 Å². The molecule has 18 heavy (non-hydrogen) atoms. The van der Waals surface area contributed by atoms with Crippen molar-refractivity contribution in [1.82, 2.24) is 10.3 Å². The fraction of sp³-hybridized carbons (Fsp3) is 0.667. The van der Waals surface area contributed by atoms with Crippen LogP contribution in [0.4, 0.5) is 0 Å². The number of rotatable bonds is 5. The van der Waals surface area contributed by atoms with E-state index in [2.05, 4.69) is 30.2 Å². The molecule has 1 atom stereocenters. The number of pyridine rings is 1. The minimum atomic E-state index is 0.459. The van der Waals surface area contributed by atoms with E-state index in [1.54, 1.807) is 0 Å². The molecular formula is C15H24N2O. The molecule has 3 heteroatoms. The van der Waals surface area contributed by atoms with Crippen LogP contribution in [-0.2, 0) is 4.74 Å². The molecule has 1 N–H and O–H groups in total. The van der Waals surface area contributed by atoms with Crippen molar-refractivity contribution in [2.75, 3.05) is 19.8 Å². The summed E-state index contributed by atoms with van der Waals surface area (Å²) in [6.07, 6.45) is 7.47. The van der Waals surface area contributed by atoms with E-state index < -0.39 is 0 Å². The van der Waals surface area contributed by atoms with E-state index in [1.165, 1.54) is 30.4 Å². The average Bonchev–Trinajstić information content (AvgIpc) is 2.40. The predicted molar refractivity (Wildman–Crippen MR) is 73.6 cm³/mol. The maximum Gasteiger partial charge on any atom is 0.0468 e. The minimum Gasteiger partial charge on any atom is -0.381 e. The minimum absolute atomic E-state index is 0.459. The quantitative estimate of drug-likeness (QED) is 0.870. The Bertz CT molecular complexity index is 361. The SMILES string of the molecule is CCNC(CC1CCOCC1)c1ccncc1C. The monoisotopic (exact) mass is 248 g/mol. The van der Waals surface area contributed by atoms with Crippen LogP contribution in [0, 0.1) is 12.8 Å². The van der Waals surface area contributed by atoms with Gasteiger partial charge in [0.15, 0.2) is 0 Å². The van der Waals surface area contributed by atoms with Crippen molar-refractivity contribution in [3.05, 3.63) is 29.6 Å². The van der Waals surface area contributed by atoms with Gasteiger partial charge >= 0.3 is 0 Å². The Hall–Kier alpha value is -0.930. The summed E-state index contributed by atoms with van der Waals surface area (Å²) in [5, 5.41) is 3.62. The maximum atomic E-state index is 5.44. The molecule has 0 radical (unpaired) electrons. The van der Waals surface area contributed by atoms with Gasteiger partial charge in [0.1, 0.15) is 0 Å². The van der Waals surface area contributed by atoms with E-state index in [4.69, 9.17) is 4.74 Å². The Labute approximate surface area is 110 Å². The first-order valence-corrected chi connectivity index (χ1v) is 7.03. The molecule has 0 aliphatic carbocycles. The Balaban J connectivity index is 2.05. The predicted octanol–water partition coefficient (Wildman–Crippen LogP) is 2.86. The van der Waals surface area contributed by atoms with E-state index in [-0.39, 0.29) is 0 Å². The first kappa shape index (κ1) is 13.5. The summed E-state index contributed by atoms with van der Waals surface area (Å²) in [5.41, 5.74) is 2.69. The van der Waals surface area contributed by atoms with Gasteiger partial charge in [-0.3, -0.25) is 4.98 Å². The van der Waals surface area contributed by atoms with Gasteiger partial charge in [-0.05, 0) is 55.8 Å². The molecule has 1 aliphatic heterocycles. The van der Waals surface area contributed by atoms with Crippen LogP contribution in [0.25, 0.3) is 0 Å². The van der Waals surface area contributed by atoms with Gasteiger partial charge in [0.05, 0.1) is 0 Å². The highest BCUT2D eigenvalue weighted by atomic mass is 16.5. The molecule has 1 fully saturated rings. The van der Waals surface area contributed by atoms with Crippen LogP contribution in [0.5, 0.6) is 0 Å². The second-order valence-corrected chi connectivity index (χ2v) is 5.13. The molecule has 100 valence electrons. The number of aryl methyl sites for hydroxylation is 1. The highest BCUT2D eigenvalue weighted by Gasteiger charge is 2.20. The molecule has 3 nitrogen and oxygen atoms in total. The Morgan fingerprint density at radius 2 is 2.22 bits per heavy atom. The molecule has 2 rings (SSSR count). The molecule has 1 aliphatic rings. The molecular weight excluding hydrogens is 224 g/mol. The van der Waals surface area contributed by atoms with Crippen molar-refractivity contribution in [3.8, 4) is 0 Å². The molecule has 0 amide bonds. The lowest BCUT2D eigenvalue weighted by Gasteiger charge is -2.28. The lowest BCUT2D eigenvalue weighted by molar-refractivity contribution is 0.0605. The largest absolute Gasteiger partial charge is 0.381 e. The molecule has 1 unspecified atom stereocenters. The second-order valence-electron chi connectivity index (χ2n) is 5.13. The highest BCUT2D eigenvalue weighted by molar-refractivity contribution is 5.25. The number of nitrogens with zero attached hydrogens (tertiary/aromatic N) is 1. The average molecular weight is 248 g/mol. The molecule has 0 bridgehead atoms. The molecule has 1 aromatic heterocycles. The number of hydrogen-bond acceptors (Lipinski definition) is 3. The summed E-state index contributed by atoms with van der Waals surface area (Å²) in [5.74, 6) is 0.787. The van der Waals surface area contributed by atoms with Crippen LogP contribution in [0.3, 0.4) is 0 Å². The van der Waals surface area contributed by atoms with Crippen molar-refractivity contribution in [2.24, 2.45) is 5.92 Å². The number of hydrogen-bond donors (Lipinski definition) is 1. The zero-order valence-corrected chi connectivity index (χ0v) is 11.5. The van der Waals surface area contributed by atoms with E-state index in [1.807, 2.05) is 12.4 Å². The van der Waals surface area contributed by atoms with Crippen LogP contribution in [-0.4, -0.2) is 24.7 Å². The first-order chi connectivity index (χ1) is 8.81. The van der Waals surface area contributed by atoms with E-state index >= 15 is 0 Å². The summed E-state index contributed by atoms with van der Waals surface area (Å²) < 4.78 is 5.44. The number of nitrogens with one attached hydrogen (secondary N) is 1. The van der Waals surface area contributed by atoms with Gasteiger partial charge in [0, 0.05) is 31.6 Å². The lowest BCUT2D eigenvalue weighted by Crippen LogP contribution is -2.26. The molecule has 1 aromatic rings. The van der Waals surface area contributed by atoms with E-state index in [0.717, 1.165) is 25.7 Å². The van der Waals surface area contributed by atoms with Crippen LogP contribution < -0.4 is 5.32 Å². The summed E-state index contributed by atoms with van der Waals surface area (Å²) in [6.45, 7) is 7.19. The molecule has 0 aromatic carbocycles. The van der Waals surface area contributed by atoms with Gasteiger partial charge in [-0.25, -0.2) is 0 Å². The van der Waals surface area contributed by atoms with Crippen molar-refractivity contribution < 1.29 is 4.74 Å². The summed E-state index contributed by atoms with van der Waals surface area (Å²) in [6, 6.07) is 2.61. The summed E-state index contributed by atoms with van der Waals surface area (Å²) in [4.78, 5) is 4.19. The fourth-order valence-electron chi connectivity index (χ4n) is 2.76. The van der Waals surface area contributed by atoms with Crippen molar-refractivity contribution >= 4 is 0 Å². The zero-order chi connectivity index (χ0) is 12.8. The lowest BCUT2D eigenvalue weighted by atomic mass is 9.88. The molecule has 0 saturated carbocycles. The van der Waals surface area contributed by atoms with E-state index in [9.17, 15) is 0 Å². The van der Waals surface area contributed by atoms with Crippen molar-refractivity contribution in [1.29, 1.82) is 0 Å². The topological polar surface area (TPSA) is 34.1 Å². The van der Waals surface area contributed by atoms with Gasteiger partial charge in [-0.2, -0.15) is 0 Å². The third-order valence-electron chi connectivity index (χ3n) is 3.80. The first-order valence-electron chi connectivity index (χ1n) is 7.03. The maximum absolute atomic E-state index is 5.44. The van der Waals surface area contributed by atoms with Gasteiger partial charge < -0.3 is 10.1 Å². The molecule has 1 saturated heterocycles. The third kappa shape index (κ3) is 3.53. The van der Waals surface area contributed by atoms with Gasteiger partial charge in [0.25, 0.3) is 0 Å². The van der Waals surface area contributed by atoms with Crippen LogP contribution in [0.15, 0.2) is 18.5 Å². The van der Waals surface area contributed by atoms with Crippen LogP contribution in [0.1, 0.15) is 43.4 Å². The fourth-order valence-corrected chi connectivity index (χ4v) is 2.76. The Morgan fingerprint density at radius 3 is 2.89 bits per heavy atom. The Morgan fingerprint density at radius 1 is 1.44 bits per heavy atom. The van der Waals surface area contributed by atoms with Gasteiger partial charge in [-0.1, -0.05) is 6.92 Å².